The van der Waals surface area contributed by atoms with E-state index in [1.807, 2.05) is 36.5 Å². The lowest BCUT2D eigenvalue weighted by Gasteiger charge is -2.09. The van der Waals surface area contributed by atoms with E-state index in [4.69, 9.17) is 4.42 Å². The third-order valence-corrected chi connectivity index (χ3v) is 2.93. The highest BCUT2D eigenvalue weighted by atomic mass is 16.4. The maximum Gasteiger partial charge on any atom is 0.315 e. The summed E-state index contributed by atoms with van der Waals surface area (Å²) >= 11 is 0. The van der Waals surface area contributed by atoms with E-state index in [-0.39, 0.29) is 11.9 Å². The zero-order valence-electron chi connectivity index (χ0n) is 12.3. The first-order valence-corrected chi connectivity index (χ1v) is 6.79. The predicted octanol–water partition coefficient (Wildman–Crippen LogP) is 1.49. The van der Waals surface area contributed by atoms with Crippen LogP contribution in [0.2, 0.25) is 0 Å². The van der Waals surface area contributed by atoms with E-state index < -0.39 is 5.60 Å². The van der Waals surface area contributed by atoms with Crippen LogP contribution in [0.15, 0.2) is 40.9 Å². The lowest BCUT2D eigenvalue weighted by molar-refractivity contribution is 0.0489. The standard InChI is InChI=1S/C14H16N6O2/c1-14(2,21)12-17-18-13(22-12)15-8-10-9-20(19-16-10)11-6-4-3-5-7-11/h3-7,9,21H,8H2,1-2H3,(H,15,18). The number of aromatic nitrogens is 5. The minimum Gasteiger partial charge on any atom is -0.405 e. The molecule has 0 aliphatic rings. The maximum absolute atomic E-state index is 9.77. The summed E-state index contributed by atoms with van der Waals surface area (Å²) in [5.41, 5.74) is 0.499. The molecule has 0 saturated carbocycles. The van der Waals surface area contributed by atoms with E-state index in [9.17, 15) is 5.11 Å². The predicted molar refractivity (Wildman–Crippen MR) is 78.2 cm³/mol. The molecule has 0 spiro atoms. The zero-order valence-corrected chi connectivity index (χ0v) is 12.3. The summed E-state index contributed by atoms with van der Waals surface area (Å²) in [5, 5.41) is 28.5. The molecule has 0 aliphatic heterocycles. The number of rotatable bonds is 5. The number of para-hydroxylation sites is 1. The minimum atomic E-state index is -1.16. The second-order valence-electron chi connectivity index (χ2n) is 5.31. The molecule has 0 aliphatic carbocycles. The van der Waals surface area contributed by atoms with Gasteiger partial charge in [0.2, 0.25) is 5.89 Å². The van der Waals surface area contributed by atoms with Gasteiger partial charge >= 0.3 is 6.01 Å². The van der Waals surface area contributed by atoms with Crippen molar-refractivity contribution in [2.75, 3.05) is 5.32 Å². The second kappa shape index (κ2) is 5.57. The van der Waals surface area contributed by atoms with Gasteiger partial charge < -0.3 is 14.8 Å². The molecule has 2 N–H and O–H groups in total. The molecule has 8 nitrogen and oxygen atoms in total. The van der Waals surface area contributed by atoms with Gasteiger partial charge in [-0.05, 0) is 26.0 Å². The third kappa shape index (κ3) is 3.12. The molecule has 2 aromatic heterocycles. The van der Waals surface area contributed by atoms with Crippen LogP contribution >= 0.6 is 0 Å². The number of nitrogens with one attached hydrogen (secondary N) is 1. The van der Waals surface area contributed by atoms with E-state index in [0.29, 0.717) is 6.54 Å². The summed E-state index contributed by atoms with van der Waals surface area (Å²) in [6.07, 6.45) is 1.82. The molecule has 22 heavy (non-hydrogen) atoms. The molecule has 0 bridgehead atoms. The molecule has 0 saturated heterocycles. The highest BCUT2D eigenvalue weighted by molar-refractivity contribution is 5.30. The summed E-state index contributed by atoms with van der Waals surface area (Å²) in [4.78, 5) is 0. The van der Waals surface area contributed by atoms with Crippen LogP contribution in [0.5, 0.6) is 0 Å². The topological polar surface area (TPSA) is 102 Å². The number of hydrogen-bond acceptors (Lipinski definition) is 7. The van der Waals surface area contributed by atoms with Crippen molar-refractivity contribution in [1.82, 2.24) is 25.2 Å². The van der Waals surface area contributed by atoms with Gasteiger partial charge in [0, 0.05) is 0 Å². The molecular weight excluding hydrogens is 284 g/mol. The van der Waals surface area contributed by atoms with Crippen molar-refractivity contribution in [1.29, 1.82) is 0 Å². The van der Waals surface area contributed by atoms with E-state index in [1.165, 1.54) is 0 Å². The summed E-state index contributed by atoms with van der Waals surface area (Å²) in [6, 6.07) is 9.93. The van der Waals surface area contributed by atoms with E-state index in [2.05, 4.69) is 25.8 Å². The monoisotopic (exact) mass is 300 g/mol. The Labute approximate surface area is 126 Å². The maximum atomic E-state index is 9.77. The van der Waals surface area contributed by atoms with Crippen molar-refractivity contribution in [2.24, 2.45) is 0 Å². The lowest BCUT2D eigenvalue weighted by atomic mass is 10.1. The molecule has 8 heteroatoms. The number of aliphatic hydroxyl groups is 1. The highest BCUT2D eigenvalue weighted by Gasteiger charge is 2.23. The summed E-state index contributed by atoms with van der Waals surface area (Å²) in [6.45, 7) is 3.55. The Morgan fingerprint density at radius 1 is 1.18 bits per heavy atom. The molecule has 0 amide bonds. The fraction of sp³-hybridized carbons (Fsp3) is 0.286. The van der Waals surface area contributed by atoms with Crippen molar-refractivity contribution in [3.8, 4) is 5.69 Å². The number of hydrogen-bond donors (Lipinski definition) is 2. The zero-order chi connectivity index (χ0) is 15.6. The molecule has 0 radical (unpaired) electrons. The molecule has 2 heterocycles. The molecule has 0 unspecified atom stereocenters. The Kier molecular flexibility index (Phi) is 3.60. The van der Waals surface area contributed by atoms with Crippen LogP contribution in [-0.2, 0) is 12.1 Å². The average molecular weight is 300 g/mol. The summed E-state index contributed by atoms with van der Waals surface area (Å²) in [5.74, 6) is 0.155. The fourth-order valence-electron chi connectivity index (χ4n) is 1.79. The second-order valence-corrected chi connectivity index (χ2v) is 5.31. The van der Waals surface area contributed by atoms with E-state index >= 15 is 0 Å². The lowest BCUT2D eigenvalue weighted by Crippen LogP contribution is -2.15. The van der Waals surface area contributed by atoms with Gasteiger partial charge in [0.05, 0.1) is 18.4 Å². The fourth-order valence-corrected chi connectivity index (χ4v) is 1.79. The molecule has 0 fully saturated rings. The van der Waals surface area contributed by atoms with Crippen LogP contribution in [-0.4, -0.2) is 30.3 Å². The highest BCUT2D eigenvalue weighted by Crippen LogP contribution is 2.19. The molecular formula is C14H16N6O2. The van der Waals surface area contributed by atoms with Crippen LogP contribution in [0, 0.1) is 0 Å². The SMILES string of the molecule is CC(C)(O)c1nnc(NCc2cn(-c3ccccc3)nn2)o1. The third-order valence-electron chi connectivity index (χ3n) is 2.93. The molecule has 0 atom stereocenters. The Morgan fingerprint density at radius 3 is 2.64 bits per heavy atom. The van der Waals surface area contributed by atoms with Crippen molar-refractivity contribution in [3.63, 3.8) is 0 Å². The van der Waals surface area contributed by atoms with E-state index in [0.717, 1.165) is 11.4 Å². The largest absolute Gasteiger partial charge is 0.405 e. The number of anilines is 1. The van der Waals surface area contributed by atoms with Gasteiger partial charge in [0.25, 0.3) is 0 Å². The Morgan fingerprint density at radius 2 is 1.95 bits per heavy atom. The average Bonchev–Trinajstić information content (AvgIpc) is 3.15. The van der Waals surface area contributed by atoms with Crippen LogP contribution in [0.4, 0.5) is 6.01 Å². The smallest absolute Gasteiger partial charge is 0.315 e. The summed E-state index contributed by atoms with van der Waals surface area (Å²) in [7, 11) is 0. The number of nitrogens with zero attached hydrogens (tertiary/aromatic N) is 5. The van der Waals surface area contributed by atoms with Crippen LogP contribution in [0.25, 0.3) is 5.69 Å². The van der Waals surface area contributed by atoms with Gasteiger partial charge in [0.1, 0.15) is 11.3 Å². The van der Waals surface area contributed by atoms with Crippen molar-refractivity contribution in [2.45, 2.75) is 26.0 Å². The minimum absolute atomic E-state index is 0.155. The first-order chi connectivity index (χ1) is 10.5. The van der Waals surface area contributed by atoms with E-state index in [1.54, 1.807) is 18.5 Å². The normalized spacial score (nSPS) is 11.6. The Bertz CT molecular complexity index is 744. The molecule has 114 valence electrons. The first-order valence-electron chi connectivity index (χ1n) is 6.79. The van der Waals surface area contributed by atoms with Gasteiger partial charge in [-0.2, -0.15) is 0 Å². The number of benzene rings is 1. The van der Waals surface area contributed by atoms with Gasteiger partial charge in [-0.1, -0.05) is 28.5 Å². The van der Waals surface area contributed by atoms with Crippen molar-refractivity contribution >= 4 is 6.01 Å². The Hall–Kier alpha value is -2.74. The van der Waals surface area contributed by atoms with Gasteiger partial charge in [-0.3, -0.25) is 0 Å². The molecule has 3 aromatic rings. The molecule has 1 aromatic carbocycles. The van der Waals surface area contributed by atoms with Crippen LogP contribution in [0.3, 0.4) is 0 Å². The summed E-state index contributed by atoms with van der Waals surface area (Å²) < 4.78 is 7.01. The first kappa shape index (κ1) is 14.2. The quantitative estimate of drug-likeness (QED) is 0.736. The van der Waals surface area contributed by atoms with Gasteiger partial charge in [-0.25, -0.2) is 4.68 Å². The van der Waals surface area contributed by atoms with Gasteiger partial charge in [-0.15, -0.1) is 10.2 Å². The van der Waals surface area contributed by atoms with Crippen molar-refractivity contribution < 1.29 is 9.52 Å². The van der Waals surface area contributed by atoms with Crippen LogP contribution in [0.1, 0.15) is 25.4 Å². The van der Waals surface area contributed by atoms with Gasteiger partial charge in [0.15, 0.2) is 0 Å². The Balaban J connectivity index is 1.65. The van der Waals surface area contributed by atoms with Crippen LogP contribution < -0.4 is 5.32 Å². The van der Waals surface area contributed by atoms with Crippen molar-refractivity contribution in [3.05, 3.63) is 48.1 Å². The molecule has 3 rings (SSSR count).